The minimum Gasteiger partial charge on any atom is -0.345 e. The molecule has 4 nitrogen and oxygen atoms in total. The van der Waals surface area contributed by atoms with E-state index >= 15 is 0 Å². The lowest BCUT2D eigenvalue weighted by atomic mass is 9.99. The Labute approximate surface area is 121 Å². The van der Waals surface area contributed by atoms with Crippen LogP contribution >= 0.6 is 0 Å². The van der Waals surface area contributed by atoms with Crippen LogP contribution in [0.4, 0.5) is 0 Å². The Morgan fingerprint density at radius 3 is 2.50 bits per heavy atom. The number of aromatic nitrogens is 2. The van der Waals surface area contributed by atoms with Crippen LogP contribution in [0.5, 0.6) is 0 Å². The molecular weight excluding hydrogens is 248 g/mol. The van der Waals surface area contributed by atoms with Crippen molar-refractivity contribution < 1.29 is 0 Å². The summed E-state index contributed by atoms with van der Waals surface area (Å²) in [5.41, 5.74) is 2.43. The fraction of sp³-hybridized carbons (Fsp3) is 0.438. The van der Waals surface area contributed by atoms with Crippen LogP contribution in [0, 0.1) is 6.92 Å². The zero-order valence-electron chi connectivity index (χ0n) is 12.7. The zero-order chi connectivity index (χ0) is 14.5. The van der Waals surface area contributed by atoms with E-state index in [2.05, 4.69) is 71.5 Å². The first-order valence-corrected chi connectivity index (χ1v) is 7.03. The fourth-order valence-electron chi connectivity index (χ4n) is 2.61. The van der Waals surface area contributed by atoms with Gasteiger partial charge in [-0.15, -0.1) is 0 Å². The molecule has 4 heteroatoms. The second-order valence-electron chi connectivity index (χ2n) is 5.50. The smallest absolute Gasteiger partial charge is 0.120 e. The highest BCUT2D eigenvalue weighted by Gasteiger charge is 2.21. The average Bonchev–Trinajstić information content (AvgIpc) is 2.83. The van der Waals surface area contributed by atoms with E-state index in [1.807, 2.05) is 13.1 Å². The van der Waals surface area contributed by atoms with Gasteiger partial charge in [0.2, 0.25) is 0 Å². The Bertz CT molecular complexity index is 518. The first-order valence-electron chi connectivity index (χ1n) is 7.03. The van der Waals surface area contributed by atoms with E-state index in [-0.39, 0.29) is 0 Å². The van der Waals surface area contributed by atoms with Crippen molar-refractivity contribution in [3.8, 4) is 0 Å². The van der Waals surface area contributed by atoms with Crippen LogP contribution in [0.3, 0.4) is 0 Å². The SMILES string of the molecule is Cc1cnc(CNC(C)C(c2ccccc2)N(C)C)[nH]1. The summed E-state index contributed by atoms with van der Waals surface area (Å²) < 4.78 is 0. The molecule has 1 aromatic carbocycles. The number of hydrogen-bond acceptors (Lipinski definition) is 3. The van der Waals surface area contributed by atoms with Gasteiger partial charge in [-0.1, -0.05) is 30.3 Å². The van der Waals surface area contributed by atoms with Crippen molar-refractivity contribution in [1.82, 2.24) is 20.2 Å². The summed E-state index contributed by atoms with van der Waals surface area (Å²) in [6, 6.07) is 11.3. The maximum absolute atomic E-state index is 4.33. The number of rotatable bonds is 6. The van der Waals surface area contributed by atoms with Crippen molar-refractivity contribution in [2.24, 2.45) is 0 Å². The minimum absolute atomic E-state index is 0.331. The molecule has 2 atom stereocenters. The quantitative estimate of drug-likeness (QED) is 0.849. The van der Waals surface area contributed by atoms with E-state index < -0.39 is 0 Å². The Morgan fingerprint density at radius 2 is 1.95 bits per heavy atom. The molecule has 0 fully saturated rings. The van der Waals surface area contributed by atoms with Gasteiger partial charge in [-0.3, -0.25) is 0 Å². The average molecular weight is 272 g/mol. The van der Waals surface area contributed by atoms with Gasteiger partial charge in [0.25, 0.3) is 0 Å². The summed E-state index contributed by atoms with van der Waals surface area (Å²) in [7, 11) is 4.24. The maximum atomic E-state index is 4.33. The highest BCUT2D eigenvalue weighted by molar-refractivity contribution is 5.20. The van der Waals surface area contributed by atoms with E-state index in [0.717, 1.165) is 18.1 Å². The van der Waals surface area contributed by atoms with Gasteiger partial charge in [0, 0.05) is 24.0 Å². The maximum Gasteiger partial charge on any atom is 0.120 e. The normalized spacial score (nSPS) is 14.4. The summed E-state index contributed by atoms with van der Waals surface area (Å²) in [4.78, 5) is 9.84. The second-order valence-corrected chi connectivity index (χ2v) is 5.50. The Hall–Kier alpha value is -1.65. The molecule has 0 saturated heterocycles. The summed E-state index contributed by atoms with van der Waals surface area (Å²) in [6.07, 6.45) is 1.86. The first-order chi connectivity index (χ1) is 9.58. The molecular formula is C16H24N4. The van der Waals surface area contributed by atoms with Gasteiger partial charge in [0.15, 0.2) is 0 Å². The summed E-state index contributed by atoms with van der Waals surface area (Å²) in [5, 5.41) is 3.56. The van der Waals surface area contributed by atoms with Crippen LogP contribution in [0.2, 0.25) is 0 Å². The molecule has 20 heavy (non-hydrogen) atoms. The van der Waals surface area contributed by atoms with Gasteiger partial charge < -0.3 is 15.2 Å². The number of nitrogens with zero attached hydrogens (tertiary/aromatic N) is 2. The number of H-pyrrole nitrogens is 1. The Morgan fingerprint density at radius 1 is 1.25 bits per heavy atom. The highest BCUT2D eigenvalue weighted by Crippen LogP contribution is 2.21. The summed E-state index contributed by atoms with van der Waals surface area (Å²) >= 11 is 0. The summed E-state index contributed by atoms with van der Waals surface area (Å²) in [5.74, 6) is 0.986. The molecule has 0 amide bonds. The number of imidazole rings is 1. The van der Waals surface area contributed by atoms with Gasteiger partial charge in [0.05, 0.1) is 6.54 Å². The molecule has 0 aliphatic heterocycles. The number of aromatic amines is 1. The lowest BCUT2D eigenvalue weighted by molar-refractivity contribution is 0.239. The Balaban J connectivity index is 2.02. The molecule has 2 aromatic rings. The van der Waals surface area contributed by atoms with Crippen LogP contribution in [-0.2, 0) is 6.54 Å². The largest absolute Gasteiger partial charge is 0.345 e. The van der Waals surface area contributed by atoms with E-state index in [9.17, 15) is 0 Å². The van der Waals surface area contributed by atoms with Crippen molar-refractivity contribution in [2.45, 2.75) is 32.5 Å². The van der Waals surface area contributed by atoms with Crippen LogP contribution in [-0.4, -0.2) is 35.0 Å². The molecule has 0 bridgehead atoms. The van der Waals surface area contributed by atoms with Gasteiger partial charge in [-0.05, 0) is 33.5 Å². The molecule has 2 N–H and O–H groups in total. The van der Waals surface area contributed by atoms with Crippen LogP contribution in [0.15, 0.2) is 36.5 Å². The summed E-state index contributed by atoms with van der Waals surface area (Å²) in [6.45, 7) is 4.99. The number of nitrogens with one attached hydrogen (secondary N) is 2. The predicted molar refractivity (Wildman–Crippen MR) is 82.5 cm³/mol. The molecule has 0 spiro atoms. The first kappa shape index (κ1) is 14.8. The molecule has 1 heterocycles. The molecule has 0 saturated carbocycles. The van der Waals surface area contributed by atoms with E-state index in [4.69, 9.17) is 0 Å². The third-order valence-corrected chi connectivity index (χ3v) is 3.52. The molecule has 0 aliphatic carbocycles. The van der Waals surface area contributed by atoms with Gasteiger partial charge in [-0.2, -0.15) is 0 Å². The number of aryl methyl sites for hydroxylation is 1. The van der Waals surface area contributed by atoms with Crippen LogP contribution < -0.4 is 5.32 Å². The lowest BCUT2D eigenvalue weighted by Gasteiger charge is -2.31. The Kier molecular flexibility index (Phi) is 4.93. The number of hydrogen-bond donors (Lipinski definition) is 2. The van der Waals surface area contributed by atoms with Gasteiger partial charge >= 0.3 is 0 Å². The molecule has 2 unspecified atom stereocenters. The fourth-order valence-corrected chi connectivity index (χ4v) is 2.61. The second kappa shape index (κ2) is 6.68. The third kappa shape index (κ3) is 3.68. The van der Waals surface area contributed by atoms with E-state index in [1.165, 1.54) is 5.56 Å². The zero-order valence-corrected chi connectivity index (χ0v) is 12.7. The minimum atomic E-state index is 0.331. The van der Waals surface area contributed by atoms with Crippen molar-refractivity contribution in [2.75, 3.05) is 14.1 Å². The molecule has 2 rings (SSSR count). The van der Waals surface area contributed by atoms with Crippen LogP contribution in [0.1, 0.15) is 30.0 Å². The van der Waals surface area contributed by atoms with E-state index in [0.29, 0.717) is 12.1 Å². The molecule has 0 aliphatic rings. The monoisotopic (exact) mass is 272 g/mol. The van der Waals surface area contributed by atoms with Crippen molar-refractivity contribution in [3.05, 3.63) is 53.6 Å². The standard InChI is InChI=1S/C16H24N4/c1-12-10-18-15(19-12)11-17-13(2)16(20(3)4)14-8-6-5-7-9-14/h5-10,13,16-17H,11H2,1-4H3,(H,18,19). The van der Waals surface area contributed by atoms with E-state index in [1.54, 1.807) is 0 Å². The van der Waals surface area contributed by atoms with Crippen molar-refractivity contribution in [1.29, 1.82) is 0 Å². The third-order valence-electron chi connectivity index (χ3n) is 3.52. The lowest BCUT2D eigenvalue weighted by Crippen LogP contribution is -2.39. The molecule has 108 valence electrons. The van der Waals surface area contributed by atoms with Gasteiger partial charge in [0.1, 0.15) is 5.82 Å². The van der Waals surface area contributed by atoms with Crippen molar-refractivity contribution >= 4 is 0 Å². The van der Waals surface area contributed by atoms with Gasteiger partial charge in [-0.25, -0.2) is 4.98 Å². The van der Waals surface area contributed by atoms with Crippen LogP contribution in [0.25, 0.3) is 0 Å². The van der Waals surface area contributed by atoms with Crippen molar-refractivity contribution in [3.63, 3.8) is 0 Å². The predicted octanol–water partition coefficient (Wildman–Crippen LogP) is 2.50. The highest BCUT2D eigenvalue weighted by atomic mass is 15.1. The molecule has 0 radical (unpaired) electrons. The number of benzene rings is 1. The topological polar surface area (TPSA) is 44.0 Å². The number of likely N-dealkylation sites (N-methyl/N-ethyl adjacent to an activating group) is 1. The molecule has 1 aromatic heterocycles.